The minimum absolute atomic E-state index is 0.0268. The minimum Gasteiger partial charge on any atom is -0.326 e. The van der Waals surface area contributed by atoms with Gasteiger partial charge in [-0.3, -0.25) is 14.9 Å². The monoisotopic (exact) mass is 437 g/mol. The van der Waals surface area contributed by atoms with E-state index in [0.29, 0.717) is 19.4 Å². The zero-order valence-corrected chi connectivity index (χ0v) is 17.2. The zero-order chi connectivity index (χ0) is 21.2. The first kappa shape index (κ1) is 21.2. The molecule has 1 atom stereocenters. The van der Waals surface area contributed by atoms with E-state index in [1.165, 1.54) is 22.5 Å². The first-order chi connectivity index (χ1) is 13.7. The molecule has 1 aliphatic rings. The van der Waals surface area contributed by atoms with Crippen LogP contribution in [0.3, 0.4) is 0 Å². The third-order valence-corrected chi connectivity index (χ3v) is 7.02. The Hall–Kier alpha value is -2.49. The Morgan fingerprint density at radius 1 is 1.24 bits per heavy atom. The maximum atomic E-state index is 12.9. The molecule has 0 saturated carbocycles. The zero-order valence-electron chi connectivity index (χ0n) is 15.7. The molecule has 2 aromatic rings. The van der Waals surface area contributed by atoms with Crippen LogP contribution in [0.25, 0.3) is 0 Å². The van der Waals surface area contributed by atoms with Crippen molar-refractivity contribution in [2.75, 3.05) is 18.4 Å². The van der Waals surface area contributed by atoms with E-state index in [-0.39, 0.29) is 33.7 Å². The number of nitrogens with one attached hydrogen (secondary N) is 1. The Morgan fingerprint density at radius 2 is 1.93 bits per heavy atom. The summed E-state index contributed by atoms with van der Waals surface area (Å²) >= 11 is 5.79. The summed E-state index contributed by atoms with van der Waals surface area (Å²) < 4.78 is 27.1. The van der Waals surface area contributed by atoms with Crippen LogP contribution >= 0.6 is 11.6 Å². The van der Waals surface area contributed by atoms with Gasteiger partial charge in [-0.1, -0.05) is 29.3 Å². The van der Waals surface area contributed by atoms with E-state index in [2.05, 4.69) is 5.32 Å². The lowest BCUT2D eigenvalue weighted by molar-refractivity contribution is -0.384. The van der Waals surface area contributed by atoms with Crippen LogP contribution in [0.2, 0.25) is 5.02 Å². The SMILES string of the molecule is Cc1ccc(S(=O)(=O)N2CCCC(C(=O)Nc3ccc(Cl)c([N+](=O)[O-])c3)C2)cc1. The van der Waals surface area contributed by atoms with E-state index in [4.69, 9.17) is 11.6 Å². The van der Waals surface area contributed by atoms with Crippen molar-refractivity contribution in [2.45, 2.75) is 24.7 Å². The van der Waals surface area contributed by atoms with Crippen molar-refractivity contribution in [1.82, 2.24) is 4.31 Å². The maximum absolute atomic E-state index is 12.9. The highest BCUT2D eigenvalue weighted by Gasteiger charge is 2.33. The second kappa shape index (κ2) is 8.48. The fourth-order valence-corrected chi connectivity index (χ4v) is 4.92. The minimum atomic E-state index is -3.70. The van der Waals surface area contributed by atoms with Crippen molar-refractivity contribution < 1.29 is 18.1 Å². The quantitative estimate of drug-likeness (QED) is 0.567. The molecule has 154 valence electrons. The molecule has 8 nitrogen and oxygen atoms in total. The lowest BCUT2D eigenvalue weighted by Gasteiger charge is -2.31. The molecule has 0 aliphatic carbocycles. The molecule has 0 spiro atoms. The summed E-state index contributed by atoms with van der Waals surface area (Å²) in [6, 6.07) is 10.6. The molecule has 1 aliphatic heterocycles. The molecule has 3 rings (SSSR count). The molecule has 29 heavy (non-hydrogen) atoms. The molecule has 1 saturated heterocycles. The Bertz CT molecular complexity index is 1040. The number of nitro benzene ring substituents is 1. The highest BCUT2D eigenvalue weighted by Crippen LogP contribution is 2.29. The molecular weight excluding hydrogens is 418 g/mol. The predicted octanol–water partition coefficient (Wildman–Crippen LogP) is 3.60. The van der Waals surface area contributed by atoms with Gasteiger partial charge in [0.2, 0.25) is 15.9 Å². The van der Waals surface area contributed by atoms with Gasteiger partial charge in [-0.25, -0.2) is 8.42 Å². The van der Waals surface area contributed by atoms with Gasteiger partial charge >= 0.3 is 0 Å². The second-order valence-corrected chi connectivity index (χ2v) is 9.27. The van der Waals surface area contributed by atoms with Crippen molar-refractivity contribution >= 4 is 38.9 Å². The van der Waals surface area contributed by atoms with E-state index in [1.807, 2.05) is 6.92 Å². The van der Waals surface area contributed by atoms with E-state index in [9.17, 15) is 23.3 Å². The van der Waals surface area contributed by atoms with E-state index in [0.717, 1.165) is 5.56 Å². The smallest absolute Gasteiger partial charge is 0.289 e. The lowest BCUT2D eigenvalue weighted by Crippen LogP contribution is -2.43. The molecule has 0 bridgehead atoms. The van der Waals surface area contributed by atoms with Gasteiger partial charge in [0.1, 0.15) is 5.02 Å². The van der Waals surface area contributed by atoms with E-state index in [1.54, 1.807) is 24.3 Å². The Balaban J connectivity index is 1.73. The van der Waals surface area contributed by atoms with Gasteiger partial charge in [0, 0.05) is 24.8 Å². The van der Waals surface area contributed by atoms with Crippen LogP contribution in [0.4, 0.5) is 11.4 Å². The Labute approximate surface area is 173 Å². The normalized spacial score (nSPS) is 17.7. The van der Waals surface area contributed by atoms with Crippen LogP contribution in [0.5, 0.6) is 0 Å². The molecule has 0 aromatic heterocycles. The summed E-state index contributed by atoms with van der Waals surface area (Å²) in [5.74, 6) is -0.941. The van der Waals surface area contributed by atoms with Gasteiger partial charge in [-0.05, 0) is 44.0 Å². The van der Waals surface area contributed by atoms with Crippen LogP contribution in [-0.4, -0.2) is 36.6 Å². The number of sulfonamides is 1. The number of hydrogen-bond acceptors (Lipinski definition) is 5. The summed E-state index contributed by atoms with van der Waals surface area (Å²) in [6.07, 6.45) is 1.07. The summed E-state index contributed by atoms with van der Waals surface area (Å²) in [5.41, 5.74) is 0.887. The largest absolute Gasteiger partial charge is 0.326 e. The highest BCUT2D eigenvalue weighted by molar-refractivity contribution is 7.89. The van der Waals surface area contributed by atoms with Gasteiger partial charge in [0.05, 0.1) is 15.7 Å². The number of amides is 1. The summed E-state index contributed by atoms with van der Waals surface area (Å²) in [4.78, 5) is 23.2. The number of carbonyl (C=O) groups is 1. The Kier molecular flexibility index (Phi) is 6.21. The standard InChI is InChI=1S/C19H20ClN3O5S/c1-13-4-7-16(8-5-13)29(27,28)22-10-2-3-14(12-22)19(24)21-15-6-9-17(20)18(11-15)23(25)26/h4-9,11,14H,2-3,10,12H2,1H3,(H,21,24). The molecule has 1 heterocycles. The average Bonchev–Trinajstić information content (AvgIpc) is 2.69. The van der Waals surface area contributed by atoms with Gasteiger partial charge < -0.3 is 5.32 Å². The average molecular weight is 438 g/mol. The van der Waals surface area contributed by atoms with Gasteiger partial charge in [-0.15, -0.1) is 0 Å². The van der Waals surface area contributed by atoms with Crippen molar-refractivity contribution in [3.05, 3.63) is 63.2 Å². The topological polar surface area (TPSA) is 110 Å². The van der Waals surface area contributed by atoms with Crippen molar-refractivity contribution in [3.8, 4) is 0 Å². The first-order valence-corrected chi connectivity index (χ1v) is 10.8. The number of rotatable bonds is 5. The van der Waals surface area contributed by atoms with E-state index < -0.39 is 20.9 Å². The van der Waals surface area contributed by atoms with Gasteiger partial charge in [-0.2, -0.15) is 4.31 Å². The molecule has 10 heteroatoms. The molecule has 1 fully saturated rings. The fourth-order valence-electron chi connectivity index (χ4n) is 3.21. The fraction of sp³-hybridized carbons (Fsp3) is 0.316. The number of halogens is 1. The summed E-state index contributed by atoms with van der Waals surface area (Å²) in [7, 11) is -3.70. The molecule has 2 aromatic carbocycles. The second-order valence-electron chi connectivity index (χ2n) is 6.93. The van der Waals surface area contributed by atoms with Crippen molar-refractivity contribution in [1.29, 1.82) is 0 Å². The predicted molar refractivity (Wildman–Crippen MR) is 109 cm³/mol. The van der Waals surface area contributed by atoms with Gasteiger partial charge in [0.25, 0.3) is 5.69 Å². The molecular formula is C19H20ClN3O5S. The maximum Gasteiger partial charge on any atom is 0.289 e. The number of nitro groups is 1. The van der Waals surface area contributed by atoms with Crippen molar-refractivity contribution in [2.24, 2.45) is 5.92 Å². The first-order valence-electron chi connectivity index (χ1n) is 9.00. The molecule has 1 unspecified atom stereocenters. The number of hydrogen-bond donors (Lipinski definition) is 1. The van der Waals surface area contributed by atoms with Crippen LogP contribution in [0, 0.1) is 23.0 Å². The highest BCUT2D eigenvalue weighted by atomic mass is 35.5. The molecule has 0 radical (unpaired) electrons. The number of aryl methyl sites for hydroxylation is 1. The van der Waals surface area contributed by atoms with Crippen LogP contribution < -0.4 is 5.32 Å². The van der Waals surface area contributed by atoms with Gasteiger partial charge in [0.15, 0.2) is 0 Å². The van der Waals surface area contributed by atoms with Crippen molar-refractivity contribution in [3.63, 3.8) is 0 Å². The number of nitrogens with zero attached hydrogens (tertiary/aromatic N) is 2. The van der Waals surface area contributed by atoms with Crippen LogP contribution in [0.1, 0.15) is 18.4 Å². The number of carbonyl (C=O) groups excluding carboxylic acids is 1. The number of benzene rings is 2. The molecule has 1 N–H and O–H groups in total. The Morgan fingerprint density at radius 3 is 2.59 bits per heavy atom. The van der Waals surface area contributed by atoms with E-state index >= 15 is 0 Å². The third-order valence-electron chi connectivity index (χ3n) is 4.82. The lowest BCUT2D eigenvalue weighted by atomic mass is 9.98. The number of piperidine rings is 1. The van der Waals surface area contributed by atoms with Crippen LogP contribution in [-0.2, 0) is 14.8 Å². The molecule has 1 amide bonds. The van der Waals surface area contributed by atoms with Crippen LogP contribution in [0.15, 0.2) is 47.4 Å². The summed E-state index contributed by atoms with van der Waals surface area (Å²) in [5, 5.41) is 13.6. The number of anilines is 1. The summed E-state index contributed by atoms with van der Waals surface area (Å²) in [6.45, 7) is 2.27. The third kappa shape index (κ3) is 4.75.